The van der Waals surface area contributed by atoms with E-state index in [1.54, 1.807) is 24.3 Å². The third kappa shape index (κ3) is 3.82. The van der Waals surface area contributed by atoms with Crippen molar-refractivity contribution in [1.29, 1.82) is 0 Å². The number of hydrogen-bond acceptors (Lipinski definition) is 2. The Morgan fingerprint density at radius 1 is 1.14 bits per heavy atom. The Bertz CT molecular complexity index is 647. The molecule has 1 amide bonds. The number of anilines is 1. The Balaban J connectivity index is 2.08. The van der Waals surface area contributed by atoms with E-state index in [0.717, 1.165) is 5.56 Å². The van der Waals surface area contributed by atoms with Crippen molar-refractivity contribution in [1.82, 2.24) is 0 Å². The molecule has 3 N–H and O–H groups in total. The van der Waals surface area contributed by atoms with Gasteiger partial charge in [0.05, 0.1) is 11.7 Å². The molecule has 0 saturated heterocycles. The van der Waals surface area contributed by atoms with Gasteiger partial charge in [-0.3, -0.25) is 4.79 Å². The predicted molar refractivity (Wildman–Crippen MR) is 73.1 cm³/mol. The minimum Gasteiger partial charge on any atom is -0.322 e. The second kappa shape index (κ2) is 6.41. The Morgan fingerprint density at radius 2 is 1.81 bits per heavy atom. The maximum atomic E-state index is 13.4. The highest BCUT2D eigenvalue weighted by molar-refractivity contribution is 5.95. The summed E-state index contributed by atoms with van der Waals surface area (Å²) in [6.45, 7) is 0. The molecule has 1 unspecified atom stereocenters. The second-order valence-electron chi connectivity index (χ2n) is 4.53. The molecule has 0 fully saturated rings. The fourth-order valence-electron chi connectivity index (χ4n) is 1.83. The Kier molecular flexibility index (Phi) is 4.59. The van der Waals surface area contributed by atoms with Crippen LogP contribution < -0.4 is 11.1 Å². The molecule has 0 aromatic heterocycles. The Morgan fingerprint density at radius 3 is 2.48 bits per heavy atom. The molecule has 21 heavy (non-hydrogen) atoms. The fraction of sp³-hybridized carbons (Fsp3) is 0.133. The first kappa shape index (κ1) is 15.1. The standard InChI is InChI=1S/C15H13F3N2O/c16-10-7-11(17)14(18)13(8-10)20-15(21)12(19)6-9-4-2-1-3-5-9/h1-5,7-8,12H,6,19H2,(H,20,21). The first-order chi connectivity index (χ1) is 9.97. The molecule has 3 nitrogen and oxygen atoms in total. The van der Waals surface area contributed by atoms with Gasteiger partial charge in [0.15, 0.2) is 11.6 Å². The number of carbonyl (C=O) groups excluding carboxylic acids is 1. The summed E-state index contributed by atoms with van der Waals surface area (Å²) >= 11 is 0. The van der Waals surface area contributed by atoms with Gasteiger partial charge in [0, 0.05) is 12.1 Å². The molecular formula is C15H13F3N2O. The van der Waals surface area contributed by atoms with E-state index in [0.29, 0.717) is 12.1 Å². The lowest BCUT2D eigenvalue weighted by Gasteiger charge is -2.13. The topological polar surface area (TPSA) is 55.1 Å². The SMILES string of the molecule is NC(Cc1ccccc1)C(=O)Nc1cc(F)cc(F)c1F. The third-order valence-corrected chi connectivity index (χ3v) is 2.89. The van der Waals surface area contributed by atoms with Crippen molar-refractivity contribution in [2.45, 2.75) is 12.5 Å². The van der Waals surface area contributed by atoms with Gasteiger partial charge in [-0.1, -0.05) is 30.3 Å². The zero-order valence-electron chi connectivity index (χ0n) is 10.9. The second-order valence-corrected chi connectivity index (χ2v) is 4.53. The van der Waals surface area contributed by atoms with Gasteiger partial charge in [0.25, 0.3) is 0 Å². The van der Waals surface area contributed by atoms with Crippen LogP contribution in [0.2, 0.25) is 0 Å². The number of nitrogens with two attached hydrogens (primary N) is 1. The van der Waals surface area contributed by atoms with Crippen LogP contribution in [0.15, 0.2) is 42.5 Å². The minimum absolute atomic E-state index is 0.228. The minimum atomic E-state index is -1.37. The van der Waals surface area contributed by atoms with Crippen LogP contribution >= 0.6 is 0 Å². The highest BCUT2D eigenvalue weighted by atomic mass is 19.2. The summed E-state index contributed by atoms with van der Waals surface area (Å²) < 4.78 is 39.5. The lowest BCUT2D eigenvalue weighted by Crippen LogP contribution is -2.37. The van der Waals surface area contributed by atoms with E-state index in [1.807, 2.05) is 6.07 Å². The molecule has 2 aromatic rings. The average molecular weight is 294 g/mol. The Hall–Kier alpha value is -2.34. The largest absolute Gasteiger partial charge is 0.322 e. The summed E-state index contributed by atoms with van der Waals surface area (Å²) in [6, 6.07) is 9.12. The molecule has 110 valence electrons. The van der Waals surface area contributed by atoms with Crippen molar-refractivity contribution >= 4 is 11.6 Å². The van der Waals surface area contributed by atoms with Crippen LogP contribution in [-0.2, 0) is 11.2 Å². The normalized spacial score (nSPS) is 12.0. The number of carbonyl (C=O) groups is 1. The first-order valence-electron chi connectivity index (χ1n) is 6.22. The van der Waals surface area contributed by atoms with Gasteiger partial charge in [0.1, 0.15) is 5.82 Å². The smallest absolute Gasteiger partial charge is 0.241 e. The van der Waals surface area contributed by atoms with Crippen molar-refractivity contribution in [3.05, 3.63) is 65.5 Å². The number of nitrogens with one attached hydrogen (secondary N) is 1. The van der Waals surface area contributed by atoms with E-state index in [-0.39, 0.29) is 6.42 Å². The summed E-state index contributed by atoms with van der Waals surface area (Å²) in [5.41, 5.74) is 5.96. The van der Waals surface area contributed by atoms with E-state index in [9.17, 15) is 18.0 Å². The van der Waals surface area contributed by atoms with E-state index in [2.05, 4.69) is 5.32 Å². The van der Waals surface area contributed by atoms with Crippen molar-refractivity contribution in [3.8, 4) is 0 Å². The molecule has 0 radical (unpaired) electrons. The summed E-state index contributed by atoms with van der Waals surface area (Å²) in [7, 11) is 0. The highest BCUT2D eigenvalue weighted by Gasteiger charge is 2.18. The van der Waals surface area contributed by atoms with Crippen molar-refractivity contribution in [2.24, 2.45) is 5.73 Å². The highest BCUT2D eigenvalue weighted by Crippen LogP contribution is 2.19. The zero-order valence-corrected chi connectivity index (χ0v) is 10.9. The molecule has 1 atom stereocenters. The summed E-state index contributed by atoms with van der Waals surface area (Å²) in [5.74, 6) is -4.40. The van der Waals surface area contributed by atoms with Gasteiger partial charge in [-0.05, 0) is 12.0 Å². The van der Waals surface area contributed by atoms with E-state index < -0.39 is 35.1 Å². The lowest BCUT2D eigenvalue weighted by atomic mass is 10.1. The van der Waals surface area contributed by atoms with Crippen molar-refractivity contribution in [2.75, 3.05) is 5.32 Å². The fourth-order valence-corrected chi connectivity index (χ4v) is 1.83. The first-order valence-corrected chi connectivity index (χ1v) is 6.22. The van der Waals surface area contributed by atoms with Crippen LogP contribution in [0.25, 0.3) is 0 Å². The molecule has 0 spiro atoms. The molecule has 0 saturated carbocycles. The molecule has 0 bridgehead atoms. The number of hydrogen-bond donors (Lipinski definition) is 2. The van der Waals surface area contributed by atoms with Gasteiger partial charge in [0.2, 0.25) is 5.91 Å². The zero-order chi connectivity index (χ0) is 15.4. The third-order valence-electron chi connectivity index (χ3n) is 2.89. The van der Waals surface area contributed by atoms with E-state index in [4.69, 9.17) is 5.73 Å². The monoisotopic (exact) mass is 294 g/mol. The molecule has 6 heteroatoms. The molecule has 0 aliphatic heterocycles. The molecule has 0 aliphatic carbocycles. The number of amides is 1. The lowest BCUT2D eigenvalue weighted by molar-refractivity contribution is -0.117. The maximum Gasteiger partial charge on any atom is 0.241 e. The van der Waals surface area contributed by atoms with Gasteiger partial charge in [-0.25, -0.2) is 13.2 Å². The summed E-state index contributed by atoms with van der Waals surface area (Å²) in [4.78, 5) is 11.8. The van der Waals surface area contributed by atoms with Crippen molar-refractivity contribution in [3.63, 3.8) is 0 Å². The van der Waals surface area contributed by atoms with Crippen LogP contribution in [-0.4, -0.2) is 11.9 Å². The molecule has 2 aromatic carbocycles. The summed E-state index contributed by atoms with van der Waals surface area (Å²) in [5, 5.41) is 2.09. The molecule has 0 heterocycles. The average Bonchev–Trinajstić information content (AvgIpc) is 2.45. The number of halogens is 3. The van der Waals surface area contributed by atoms with E-state index >= 15 is 0 Å². The molecule has 0 aliphatic rings. The van der Waals surface area contributed by atoms with E-state index in [1.165, 1.54) is 0 Å². The van der Waals surface area contributed by atoms with Crippen LogP contribution in [0.3, 0.4) is 0 Å². The quantitative estimate of drug-likeness (QED) is 0.852. The van der Waals surface area contributed by atoms with Gasteiger partial charge in [-0.2, -0.15) is 0 Å². The molecule has 2 rings (SSSR count). The van der Waals surface area contributed by atoms with Gasteiger partial charge < -0.3 is 11.1 Å². The summed E-state index contributed by atoms with van der Waals surface area (Å²) in [6.07, 6.45) is 0.228. The maximum absolute atomic E-state index is 13.4. The van der Waals surface area contributed by atoms with Crippen molar-refractivity contribution < 1.29 is 18.0 Å². The predicted octanol–water partition coefficient (Wildman–Crippen LogP) is 2.61. The number of benzene rings is 2. The van der Waals surface area contributed by atoms with Gasteiger partial charge >= 0.3 is 0 Å². The van der Waals surface area contributed by atoms with Crippen LogP contribution in [0, 0.1) is 17.5 Å². The number of rotatable bonds is 4. The van der Waals surface area contributed by atoms with Crippen LogP contribution in [0.5, 0.6) is 0 Å². The van der Waals surface area contributed by atoms with Crippen LogP contribution in [0.1, 0.15) is 5.56 Å². The Labute approximate surface area is 119 Å². The molecular weight excluding hydrogens is 281 g/mol. The van der Waals surface area contributed by atoms with Crippen LogP contribution in [0.4, 0.5) is 18.9 Å². The van der Waals surface area contributed by atoms with Gasteiger partial charge in [-0.15, -0.1) is 0 Å².